The van der Waals surface area contributed by atoms with Gasteiger partial charge in [0.05, 0.1) is 23.2 Å². The van der Waals surface area contributed by atoms with Gasteiger partial charge >= 0.3 is 0 Å². The Bertz CT molecular complexity index is 632. The van der Waals surface area contributed by atoms with Crippen LogP contribution >= 0.6 is 0 Å². The van der Waals surface area contributed by atoms with E-state index in [1.807, 2.05) is 19.9 Å². The second kappa shape index (κ2) is 7.78. The number of nitro benzene ring substituents is 1. The van der Waals surface area contributed by atoms with Gasteiger partial charge < -0.3 is 10.2 Å². The molecule has 0 heterocycles. The lowest BCUT2D eigenvalue weighted by Gasteiger charge is -2.22. The molecular formula is C15H18N4O3. The first kappa shape index (κ1) is 17.2. The SMILES string of the molecule is CC(C)NC(=O)CN(C)/C(=C/C#N)c1cccc([N+](=O)[O-])c1. The fraction of sp³-hybridized carbons (Fsp3) is 0.333. The van der Waals surface area contributed by atoms with E-state index in [0.29, 0.717) is 11.3 Å². The maximum Gasteiger partial charge on any atom is 0.270 e. The number of nitrogens with zero attached hydrogens (tertiary/aromatic N) is 3. The minimum absolute atomic E-state index is 0.0158. The van der Waals surface area contributed by atoms with Crippen LogP contribution in [0.1, 0.15) is 19.4 Å². The summed E-state index contributed by atoms with van der Waals surface area (Å²) in [5.41, 5.74) is 0.891. The Hall–Kier alpha value is -2.88. The molecule has 0 bridgehead atoms. The van der Waals surface area contributed by atoms with E-state index >= 15 is 0 Å². The van der Waals surface area contributed by atoms with Gasteiger partial charge in [-0.05, 0) is 13.8 Å². The summed E-state index contributed by atoms with van der Waals surface area (Å²) in [6.07, 6.45) is 1.27. The number of carbonyl (C=O) groups is 1. The number of hydrogen-bond donors (Lipinski definition) is 1. The lowest BCUT2D eigenvalue weighted by Crippen LogP contribution is -2.38. The van der Waals surface area contributed by atoms with Gasteiger partial charge in [0, 0.05) is 36.9 Å². The first-order chi connectivity index (χ1) is 10.3. The van der Waals surface area contributed by atoms with Crippen molar-refractivity contribution in [1.82, 2.24) is 10.2 Å². The van der Waals surface area contributed by atoms with Gasteiger partial charge in [-0.25, -0.2) is 0 Å². The Labute approximate surface area is 129 Å². The monoisotopic (exact) mass is 302 g/mol. The largest absolute Gasteiger partial charge is 0.364 e. The molecule has 1 rings (SSSR count). The molecule has 0 radical (unpaired) electrons. The van der Waals surface area contributed by atoms with Gasteiger partial charge in [0.25, 0.3) is 5.69 Å². The number of hydrogen-bond acceptors (Lipinski definition) is 5. The number of amides is 1. The van der Waals surface area contributed by atoms with Gasteiger partial charge in [0.15, 0.2) is 0 Å². The number of nitrogens with one attached hydrogen (secondary N) is 1. The first-order valence-electron chi connectivity index (χ1n) is 6.70. The third-order valence-corrected chi connectivity index (χ3v) is 2.80. The molecule has 1 amide bonds. The van der Waals surface area contributed by atoms with Crippen molar-refractivity contribution in [2.45, 2.75) is 19.9 Å². The summed E-state index contributed by atoms with van der Waals surface area (Å²) in [5.74, 6) is -0.188. The Morgan fingerprint density at radius 2 is 2.23 bits per heavy atom. The first-order valence-corrected chi connectivity index (χ1v) is 6.70. The number of nitriles is 1. The molecule has 0 saturated carbocycles. The third-order valence-electron chi connectivity index (χ3n) is 2.80. The number of rotatable bonds is 6. The van der Waals surface area contributed by atoms with Crippen LogP contribution < -0.4 is 5.32 Å². The minimum atomic E-state index is -0.501. The van der Waals surface area contributed by atoms with Gasteiger partial charge in [-0.2, -0.15) is 5.26 Å². The van der Waals surface area contributed by atoms with E-state index in [4.69, 9.17) is 5.26 Å². The molecule has 116 valence electrons. The molecular weight excluding hydrogens is 284 g/mol. The fourth-order valence-electron chi connectivity index (χ4n) is 1.92. The van der Waals surface area contributed by atoms with Gasteiger partial charge in [0.2, 0.25) is 5.91 Å². The molecule has 22 heavy (non-hydrogen) atoms. The van der Waals surface area contributed by atoms with E-state index < -0.39 is 4.92 Å². The summed E-state index contributed by atoms with van der Waals surface area (Å²) in [6.45, 7) is 3.75. The molecule has 0 aliphatic heterocycles. The summed E-state index contributed by atoms with van der Waals surface area (Å²) in [4.78, 5) is 23.7. The maximum atomic E-state index is 11.8. The van der Waals surface area contributed by atoms with Crippen LogP contribution in [0.5, 0.6) is 0 Å². The normalized spacial score (nSPS) is 11.0. The van der Waals surface area contributed by atoms with E-state index in [9.17, 15) is 14.9 Å². The van der Waals surface area contributed by atoms with E-state index in [1.54, 1.807) is 24.1 Å². The number of carbonyl (C=O) groups excluding carboxylic acids is 1. The molecule has 1 aromatic carbocycles. The van der Waals surface area contributed by atoms with E-state index in [-0.39, 0.29) is 24.2 Å². The topological polar surface area (TPSA) is 99.3 Å². The van der Waals surface area contributed by atoms with Gasteiger partial charge in [-0.15, -0.1) is 0 Å². The van der Waals surface area contributed by atoms with Gasteiger partial charge in [0.1, 0.15) is 0 Å². The van der Waals surface area contributed by atoms with Crippen LogP contribution in [0.3, 0.4) is 0 Å². The summed E-state index contributed by atoms with van der Waals surface area (Å²) >= 11 is 0. The lowest BCUT2D eigenvalue weighted by atomic mass is 10.1. The standard InChI is InChI=1S/C15H18N4O3/c1-11(2)17-15(20)10-18(3)14(7-8-16)12-5-4-6-13(9-12)19(21)22/h4-7,9,11H,10H2,1-3H3,(H,17,20)/b14-7+. The number of nitro groups is 1. The number of likely N-dealkylation sites (N-methyl/N-ethyl adjacent to an activating group) is 1. The Balaban J connectivity index is 3.02. The third kappa shape index (κ3) is 4.90. The molecule has 7 nitrogen and oxygen atoms in total. The summed E-state index contributed by atoms with van der Waals surface area (Å²) in [5, 5.41) is 22.5. The Kier molecular flexibility index (Phi) is 6.08. The highest BCUT2D eigenvalue weighted by molar-refractivity contribution is 5.80. The van der Waals surface area contributed by atoms with Crippen molar-refractivity contribution in [3.63, 3.8) is 0 Å². The zero-order valence-corrected chi connectivity index (χ0v) is 12.7. The van der Waals surface area contributed by atoms with Crippen LogP contribution in [0.4, 0.5) is 5.69 Å². The van der Waals surface area contributed by atoms with Crippen LogP contribution in [-0.4, -0.2) is 35.4 Å². The smallest absolute Gasteiger partial charge is 0.270 e. The van der Waals surface area contributed by atoms with Crippen molar-refractivity contribution in [1.29, 1.82) is 5.26 Å². The predicted octanol–water partition coefficient (Wildman–Crippen LogP) is 1.92. The average Bonchev–Trinajstić information content (AvgIpc) is 2.43. The molecule has 0 unspecified atom stereocenters. The molecule has 0 atom stereocenters. The van der Waals surface area contributed by atoms with Crippen LogP contribution in [0.15, 0.2) is 30.3 Å². The lowest BCUT2D eigenvalue weighted by molar-refractivity contribution is -0.384. The number of benzene rings is 1. The highest BCUT2D eigenvalue weighted by Crippen LogP contribution is 2.22. The van der Waals surface area contributed by atoms with Crippen molar-refractivity contribution in [3.8, 4) is 6.07 Å². The maximum absolute atomic E-state index is 11.8. The summed E-state index contributed by atoms with van der Waals surface area (Å²) < 4.78 is 0. The summed E-state index contributed by atoms with van der Waals surface area (Å²) in [7, 11) is 1.65. The second-order valence-corrected chi connectivity index (χ2v) is 5.04. The molecule has 0 aliphatic rings. The molecule has 0 spiro atoms. The van der Waals surface area contributed by atoms with Gasteiger partial charge in [-0.1, -0.05) is 12.1 Å². The molecule has 0 saturated heterocycles. The average molecular weight is 302 g/mol. The summed E-state index contributed by atoms with van der Waals surface area (Å²) in [6, 6.07) is 7.87. The molecule has 0 aromatic heterocycles. The molecule has 1 N–H and O–H groups in total. The molecule has 1 aromatic rings. The van der Waals surface area contributed by atoms with Crippen LogP contribution in [0, 0.1) is 21.4 Å². The van der Waals surface area contributed by atoms with E-state index in [2.05, 4.69) is 5.32 Å². The van der Waals surface area contributed by atoms with Crippen LogP contribution in [0.2, 0.25) is 0 Å². The zero-order valence-electron chi connectivity index (χ0n) is 12.7. The Morgan fingerprint density at radius 1 is 1.55 bits per heavy atom. The fourth-order valence-corrected chi connectivity index (χ4v) is 1.92. The zero-order chi connectivity index (χ0) is 16.7. The van der Waals surface area contributed by atoms with Crippen LogP contribution in [0.25, 0.3) is 5.70 Å². The van der Waals surface area contributed by atoms with Crippen molar-refractivity contribution < 1.29 is 9.72 Å². The van der Waals surface area contributed by atoms with E-state index in [0.717, 1.165) is 0 Å². The predicted molar refractivity (Wildman–Crippen MR) is 82.6 cm³/mol. The van der Waals surface area contributed by atoms with Crippen LogP contribution in [-0.2, 0) is 4.79 Å². The molecule has 0 aliphatic carbocycles. The van der Waals surface area contributed by atoms with Crippen molar-refractivity contribution in [3.05, 3.63) is 46.0 Å². The highest BCUT2D eigenvalue weighted by atomic mass is 16.6. The van der Waals surface area contributed by atoms with Crippen molar-refractivity contribution >= 4 is 17.3 Å². The number of non-ortho nitro benzene ring substituents is 1. The Morgan fingerprint density at radius 3 is 2.77 bits per heavy atom. The highest BCUT2D eigenvalue weighted by Gasteiger charge is 2.15. The van der Waals surface area contributed by atoms with E-state index in [1.165, 1.54) is 18.2 Å². The second-order valence-electron chi connectivity index (χ2n) is 5.04. The molecule has 7 heteroatoms. The quantitative estimate of drug-likeness (QED) is 0.491. The van der Waals surface area contributed by atoms with Crippen molar-refractivity contribution in [2.24, 2.45) is 0 Å². The van der Waals surface area contributed by atoms with Crippen molar-refractivity contribution in [2.75, 3.05) is 13.6 Å². The number of allylic oxidation sites excluding steroid dienone is 1. The molecule has 0 fully saturated rings. The van der Waals surface area contributed by atoms with Gasteiger partial charge in [-0.3, -0.25) is 14.9 Å². The minimum Gasteiger partial charge on any atom is -0.364 e.